The predicted molar refractivity (Wildman–Crippen MR) is 161 cm³/mol. The summed E-state index contributed by atoms with van der Waals surface area (Å²) in [5.41, 5.74) is 8.32. The molecule has 3 aromatic rings. The maximum absolute atomic E-state index is 12.0. The van der Waals surface area contributed by atoms with Gasteiger partial charge >= 0.3 is 5.97 Å². The topological polar surface area (TPSA) is 48.7 Å². The van der Waals surface area contributed by atoms with Crippen LogP contribution in [0.2, 0.25) is 0 Å². The molecule has 1 saturated carbocycles. The first kappa shape index (κ1) is 26.4. The number of carboxylic acids is 1. The second kappa shape index (κ2) is 11.4. The van der Waals surface area contributed by atoms with E-state index in [2.05, 4.69) is 52.5 Å². The molecule has 3 aliphatic rings. The molecule has 1 atom stereocenters. The van der Waals surface area contributed by atoms with Crippen molar-refractivity contribution >= 4 is 22.6 Å². The van der Waals surface area contributed by atoms with E-state index in [4.69, 9.17) is 0 Å². The number of aryl methyl sites for hydroxylation is 1. The minimum absolute atomic E-state index is 0.386. The molecular weight excluding hydrogens is 482 g/mol. The number of anilines is 1. The molecule has 2 aromatic carbocycles. The second-order valence-corrected chi connectivity index (χ2v) is 12.4. The number of aromatic carboxylic acids is 1. The molecule has 5 heteroatoms. The van der Waals surface area contributed by atoms with Crippen molar-refractivity contribution < 1.29 is 9.90 Å². The summed E-state index contributed by atoms with van der Waals surface area (Å²) in [7, 11) is 0. The van der Waals surface area contributed by atoms with Crippen LogP contribution in [0.3, 0.4) is 0 Å². The van der Waals surface area contributed by atoms with E-state index in [1.54, 1.807) is 0 Å². The van der Waals surface area contributed by atoms with Gasteiger partial charge in [0.25, 0.3) is 0 Å². The lowest BCUT2D eigenvalue weighted by Crippen LogP contribution is -2.37. The van der Waals surface area contributed by atoms with Crippen LogP contribution >= 0.6 is 0 Å². The zero-order valence-electron chi connectivity index (χ0n) is 23.9. The molecule has 3 heterocycles. The Bertz CT molecular complexity index is 1330. The highest BCUT2D eigenvalue weighted by molar-refractivity contribution is 5.99. The standard InChI is InChI=1S/C34H45N3O2/c1-3-16-35-17-7-8-25(23-35)15-18-36-19-20-37-31-22-27(34(38)39)12-14-28(31)32(26-9-5-4-6-10-26)33(37)29-13-11-24(2)21-30(29)36/h11-14,21-22,25-26H,3-10,15-20,23H2,1-2H3,(H,38,39). The summed E-state index contributed by atoms with van der Waals surface area (Å²) in [4.78, 5) is 17.3. The third-order valence-corrected chi connectivity index (χ3v) is 9.66. The van der Waals surface area contributed by atoms with Crippen molar-refractivity contribution in [2.24, 2.45) is 5.92 Å². The molecule has 1 saturated heterocycles. The van der Waals surface area contributed by atoms with Crippen molar-refractivity contribution in [2.75, 3.05) is 37.6 Å². The highest BCUT2D eigenvalue weighted by Crippen LogP contribution is 2.47. The van der Waals surface area contributed by atoms with Crippen molar-refractivity contribution in [1.29, 1.82) is 0 Å². The first-order chi connectivity index (χ1) is 19.0. The third-order valence-electron chi connectivity index (χ3n) is 9.66. The quantitative estimate of drug-likeness (QED) is 0.342. The van der Waals surface area contributed by atoms with Crippen LogP contribution in [0, 0.1) is 12.8 Å². The minimum Gasteiger partial charge on any atom is -0.478 e. The fourth-order valence-corrected chi connectivity index (χ4v) is 7.76. The van der Waals surface area contributed by atoms with Crippen LogP contribution in [-0.4, -0.2) is 53.3 Å². The summed E-state index contributed by atoms with van der Waals surface area (Å²) >= 11 is 0. The Morgan fingerprint density at radius 1 is 0.949 bits per heavy atom. The molecule has 0 amide bonds. The highest BCUT2D eigenvalue weighted by atomic mass is 16.4. The van der Waals surface area contributed by atoms with Gasteiger partial charge in [0.2, 0.25) is 0 Å². The number of benzene rings is 2. The summed E-state index contributed by atoms with van der Waals surface area (Å²) in [5.74, 6) is 0.473. The average Bonchev–Trinajstić information content (AvgIpc) is 3.18. The van der Waals surface area contributed by atoms with Gasteiger partial charge in [-0.1, -0.05) is 44.4 Å². The number of hydrogen-bond donors (Lipinski definition) is 1. The minimum atomic E-state index is -0.845. The van der Waals surface area contributed by atoms with Gasteiger partial charge in [0.05, 0.1) is 11.3 Å². The molecule has 0 bridgehead atoms. The number of likely N-dealkylation sites (tertiary alicyclic amines) is 1. The Hall–Kier alpha value is -2.79. The van der Waals surface area contributed by atoms with Gasteiger partial charge in [-0.15, -0.1) is 0 Å². The predicted octanol–water partition coefficient (Wildman–Crippen LogP) is 7.69. The molecular formula is C34H45N3O2. The van der Waals surface area contributed by atoms with Crippen molar-refractivity contribution in [1.82, 2.24) is 9.47 Å². The molecule has 1 aliphatic carbocycles. The van der Waals surface area contributed by atoms with Gasteiger partial charge in [-0.05, 0) is 99.7 Å². The zero-order chi connectivity index (χ0) is 26.9. The van der Waals surface area contributed by atoms with Crippen LogP contribution in [0.5, 0.6) is 0 Å². The largest absolute Gasteiger partial charge is 0.478 e. The van der Waals surface area contributed by atoms with Gasteiger partial charge in [0.15, 0.2) is 0 Å². The van der Waals surface area contributed by atoms with Crippen LogP contribution in [0.1, 0.15) is 92.1 Å². The average molecular weight is 528 g/mol. The van der Waals surface area contributed by atoms with E-state index in [9.17, 15) is 9.90 Å². The van der Waals surface area contributed by atoms with Crippen LogP contribution in [-0.2, 0) is 6.54 Å². The monoisotopic (exact) mass is 527 g/mol. The lowest BCUT2D eigenvalue weighted by atomic mass is 9.81. The maximum atomic E-state index is 12.0. The smallest absolute Gasteiger partial charge is 0.335 e. The van der Waals surface area contributed by atoms with E-state index in [0.717, 1.165) is 31.1 Å². The summed E-state index contributed by atoms with van der Waals surface area (Å²) < 4.78 is 2.48. The molecule has 5 nitrogen and oxygen atoms in total. The number of fused-ring (bicyclic) bond motifs is 5. The molecule has 2 aliphatic heterocycles. The Balaban J connectivity index is 1.40. The molecule has 1 N–H and O–H groups in total. The van der Waals surface area contributed by atoms with Gasteiger partial charge in [-0.25, -0.2) is 4.79 Å². The Morgan fingerprint density at radius 3 is 2.59 bits per heavy atom. The van der Waals surface area contributed by atoms with Crippen LogP contribution < -0.4 is 4.90 Å². The SMILES string of the molecule is CCCN1CCCC(CCN2CCn3c(c(C4CCCCC4)c4ccc(C(=O)O)cc43)-c3ccc(C)cc32)C1. The van der Waals surface area contributed by atoms with E-state index in [1.807, 2.05) is 12.1 Å². The number of rotatable bonds is 7. The van der Waals surface area contributed by atoms with Gasteiger partial charge < -0.3 is 19.5 Å². The number of aromatic nitrogens is 1. The summed E-state index contributed by atoms with van der Waals surface area (Å²) in [6.45, 7) is 11.2. The molecule has 39 heavy (non-hydrogen) atoms. The van der Waals surface area contributed by atoms with E-state index >= 15 is 0 Å². The Kier molecular flexibility index (Phi) is 7.70. The number of hydrogen-bond acceptors (Lipinski definition) is 3. The highest BCUT2D eigenvalue weighted by Gasteiger charge is 2.31. The van der Waals surface area contributed by atoms with Crippen LogP contribution in [0.25, 0.3) is 22.2 Å². The number of nitrogens with zero attached hydrogens (tertiary/aromatic N) is 3. The number of piperidine rings is 1. The first-order valence-corrected chi connectivity index (χ1v) is 15.5. The van der Waals surface area contributed by atoms with Crippen molar-refractivity contribution in [3.8, 4) is 11.3 Å². The molecule has 208 valence electrons. The fourth-order valence-electron chi connectivity index (χ4n) is 7.76. The van der Waals surface area contributed by atoms with Crippen molar-refractivity contribution in [3.63, 3.8) is 0 Å². The molecule has 6 rings (SSSR count). The molecule has 0 spiro atoms. The Morgan fingerprint density at radius 2 is 1.79 bits per heavy atom. The lowest BCUT2D eigenvalue weighted by Gasteiger charge is -2.34. The normalized spacial score (nSPS) is 20.6. The number of carbonyl (C=O) groups is 1. The van der Waals surface area contributed by atoms with Crippen LogP contribution in [0.4, 0.5) is 5.69 Å². The molecule has 2 fully saturated rings. The zero-order valence-corrected chi connectivity index (χ0v) is 23.9. The lowest BCUT2D eigenvalue weighted by molar-refractivity contribution is 0.0697. The fraction of sp³-hybridized carbons (Fsp3) is 0.559. The van der Waals surface area contributed by atoms with E-state index in [-0.39, 0.29) is 0 Å². The Labute approximate surface area is 233 Å². The number of carboxylic acid groups (broad SMARTS) is 1. The maximum Gasteiger partial charge on any atom is 0.335 e. The van der Waals surface area contributed by atoms with Crippen molar-refractivity contribution in [3.05, 3.63) is 53.1 Å². The van der Waals surface area contributed by atoms with Gasteiger partial charge in [-0.2, -0.15) is 0 Å². The summed E-state index contributed by atoms with van der Waals surface area (Å²) in [6.07, 6.45) is 11.5. The second-order valence-electron chi connectivity index (χ2n) is 12.4. The molecule has 0 radical (unpaired) electrons. The first-order valence-electron chi connectivity index (χ1n) is 15.5. The van der Waals surface area contributed by atoms with E-state index in [1.165, 1.54) is 111 Å². The third kappa shape index (κ3) is 5.23. The van der Waals surface area contributed by atoms with Crippen LogP contribution in [0.15, 0.2) is 36.4 Å². The van der Waals surface area contributed by atoms with E-state index < -0.39 is 5.97 Å². The van der Waals surface area contributed by atoms with Crippen molar-refractivity contribution in [2.45, 2.75) is 84.1 Å². The summed E-state index contributed by atoms with van der Waals surface area (Å²) in [5, 5.41) is 11.1. The van der Waals surface area contributed by atoms with Gasteiger partial charge in [0.1, 0.15) is 0 Å². The van der Waals surface area contributed by atoms with E-state index in [0.29, 0.717) is 11.5 Å². The molecule has 1 aromatic heterocycles. The molecule has 1 unspecified atom stereocenters. The van der Waals surface area contributed by atoms with Gasteiger partial charge in [-0.3, -0.25) is 0 Å². The van der Waals surface area contributed by atoms with Gasteiger partial charge in [0, 0.05) is 48.3 Å². The summed E-state index contributed by atoms with van der Waals surface area (Å²) in [6, 6.07) is 12.9.